The third kappa shape index (κ3) is 3.45. The van der Waals surface area contributed by atoms with Crippen LogP contribution in [0.5, 0.6) is 0 Å². The molecule has 0 aliphatic carbocycles. The van der Waals surface area contributed by atoms with E-state index in [-0.39, 0.29) is 23.9 Å². The SMILES string of the molecule is O=C(c1cnccn1)N1CCO[C@H]2CCN(Cc3ccccc3F)C[C@H]21. The number of hydrogen-bond acceptors (Lipinski definition) is 5. The van der Waals surface area contributed by atoms with Crippen LogP contribution in [0.1, 0.15) is 22.5 Å². The lowest BCUT2D eigenvalue weighted by molar-refractivity contribution is -0.0916. The van der Waals surface area contributed by atoms with Crippen LogP contribution in [0.2, 0.25) is 0 Å². The number of rotatable bonds is 3. The van der Waals surface area contributed by atoms with Gasteiger partial charge in [-0.2, -0.15) is 0 Å². The second-order valence-electron chi connectivity index (χ2n) is 6.68. The molecule has 1 aromatic carbocycles. The predicted molar refractivity (Wildman–Crippen MR) is 92.9 cm³/mol. The second kappa shape index (κ2) is 7.47. The lowest BCUT2D eigenvalue weighted by atomic mass is 9.97. The van der Waals surface area contributed by atoms with E-state index in [2.05, 4.69) is 14.9 Å². The predicted octanol–water partition coefficient (Wildman–Crippen LogP) is 1.73. The van der Waals surface area contributed by atoms with Crippen molar-refractivity contribution < 1.29 is 13.9 Å². The number of amides is 1. The molecule has 2 atom stereocenters. The minimum Gasteiger partial charge on any atom is -0.374 e. The fourth-order valence-corrected chi connectivity index (χ4v) is 3.76. The van der Waals surface area contributed by atoms with Crippen LogP contribution in [-0.4, -0.2) is 64.1 Å². The quantitative estimate of drug-likeness (QED) is 0.838. The normalized spacial score (nSPS) is 23.5. The van der Waals surface area contributed by atoms with Gasteiger partial charge in [-0.15, -0.1) is 0 Å². The van der Waals surface area contributed by atoms with Crippen molar-refractivity contribution in [1.82, 2.24) is 19.8 Å². The zero-order valence-corrected chi connectivity index (χ0v) is 14.4. The van der Waals surface area contributed by atoms with E-state index in [9.17, 15) is 9.18 Å². The number of carbonyl (C=O) groups excluding carboxylic acids is 1. The zero-order valence-electron chi connectivity index (χ0n) is 14.4. The number of piperidine rings is 1. The standard InChI is InChI=1S/C19H21FN4O2/c20-15-4-2-1-3-14(15)12-23-8-5-18-17(13-23)24(9-10-26-18)19(25)16-11-21-6-7-22-16/h1-4,6-7,11,17-18H,5,8-10,12-13H2/t17-,18+/m1/s1. The van der Waals surface area contributed by atoms with Crippen molar-refractivity contribution in [1.29, 1.82) is 0 Å². The summed E-state index contributed by atoms with van der Waals surface area (Å²) in [5.41, 5.74) is 1.02. The Morgan fingerprint density at radius 2 is 2.15 bits per heavy atom. The Bertz CT molecular complexity index is 773. The van der Waals surface area contributed by atoms with Crippen molar-refractivity contribution in [3.63, 3.8) is 0 Å². The number of ether oxygens (including phenoxy) is 1. The van der Waals surface area contributed by atoms with Crippen LogP contribution >= 0.6 is 0 Å². The third-order valence-corrected chi connectivity index (χ3v) is 5.06. The highest BCUT2D eigenvalue weighted by atomic mass is 19.1. The Morgan fingerprint density at radius 1 is 1.27 bits per heavy atom. The minimum atomic E-state index is -0.193. The molecule has 0 saturated carbocycles. The van der Waals surface area contributed by atoms with Crippen LogP contribution in [0.3, 0.4) is 0 Å². The second-order valence-corrected chi connectivity index (χ2v) is 6.68. The van der Waals surface area contributed by atoms with Crippen molar-refractivity contribution in [2.45, 2.75) is 25.1 Å². The Balaban J connectivity index is 1.50. The summed E-state index contributed by atoms with van der Waals surface area (Å²) >= 11 is 0. The van der Waals surface area contributed by atoms with Gasteiger partial charge in [0.15, 0.2) is 0 Å². The molecule has 6 nitrogen and oxygen atoms in total. The molecule has 0 spiro atoms. The number of benzene rings is 1. The van der Waals surface area contributed by atoms with E-state index in [1.807, 2.05) is 11.0 Å². The van der Waals surface area contributed by atoms with Gasteiger partial charge in [0, 0.05) is 44.1 Å². The average Bonchev–Trinajstić information content (AvgIpc) is 2.69. The number of aromatic nitrogens is 2. The van der Waals surface area contributed by atoms with E-state index in [1.165, 1.54) is 18.5 Å². The first kappa shape index (κ1) is 17.1. The van der Waals surface area contributed by atoms with Crippen molar-refractivity contribution in [3.8, 4) is 0 Å². The van der Waals surface area contributed by atoms with Crippen LogP contribution in [-0.2, 0) is 11.3 Å². The molecule has 0 radical (unpaired) electrons. The summed E-state index contributed by atoms with van der Waals surface area (Å²) in [5, 5.41) is 0. The summed E-state index contributed by atoms with van der Waals surface area (Å²) in [6.07, 6.45) is 5.41. The monoisotopic (exact) mass is 356 g/mol. The first-order valence-corrected chi connectivity index (χ1v) is 8.87. The maximum absolute atomic E-state index is 14.0. The number of halogens is 1. The highest BCUT2D eigenvalue weighted by Gasteiger charge is 2.39. The molecule has 7 heteroatoms. The molecule has 136 valence electrons. The highest BCUT2D eigenvalue weighted by Crippen LogP contribution is 2.25. The molecule has 1 aromatic heterocycles. The van der Waals surface area contributed by atoms with Gasteiger partial charge in [0.1, 0.15) is 11.5 Å². The molecule has 1 amide bonds. The lowest BCUT2D eigenvalue weighted by Crippen LogP contribution is -2.61. The summed E-state index contributed by atoms with van der Waals surface area (Å²) in [4.78, 5) is 25.0. The molecular formula is C19H21FN4O2. The number of fused-ring (bicyclic) bond motifs is 1. The summed E-state index contributed by atoms with van der Waals surface area (Å²) < 4.78 is 19.9. The van der Waals surface area contributed by atoms with E-state index < -0.39 is 0 Å². The van der Waals surface area contributed by atoms with Crippen LogP contribution in [0.25, 0.3) is 0 Å². The van der Waals surface area contributed by atoms with Gasteiger partial charge in [0.25, 0.3) is 5.91 Å². The molecule has 2 saturated heterocycles. The number of nitrogens with zero attached hydrogens (tertiary/aromatic N) is 4. The van der Waals surface area contributed by atoms with E-state index >= 15 is 0 Å². The summed E-state index contributed by atoms with van der Waals surface area (Å²) in [5.74, 6) is -0.314. The van der Waals surface area contributed by atoms with Gasteiger partial charge in [-0.3, -0.25) is 14.7 Å². The van der Waals surface area contributed by atoms with Gasteiger partial charge >= 0.3 is 0 Å². The molecule has 4 rings (SSSR count). The molecule has 2 fully saturated rings. The van der Waals surface area contributed by atoms with Crippen LogP contribution in [0.4, 0.5) is 4.39 Å². The maximum atomic E-state index is 14.0. The molecule has 0 bridgehead atoms. The van der Waals surface area contributed by atoms with Crippen LogP contribution < -0.4 is 0 Å². The molecule has 2 aromatic rings. The Hall–Kier alpha value is -2.38. The number of carbonyl (C=O) groups is 1. The van der Waals surface area contributed by atoms with Gasteiger partial charge in [0.2, 0.25) is 0 Å². The summed E-state index contributed by atoms with van der Waals surface area (Å²) in [7, 11) is 0. The van der Waals surface area contributed by atoms with Gasteiger partial charge in [0.05, 0.1) is 24.9 Å². The molecule has 0 unspecified atom stereocenters. The van der Waals surface area contributed by atoms with E-state index in [0.717, 1.165) is 13.0 Å². The van der Waals surface area contributed by atoms with E-state index in [1.54, 1.807) is 18.3 Å². The fourth-order valence-electron chi connectivity index (χ4n) is 3.76. The first-order valence-electron chi connectivity index (χ1n) is 8.87. The molecule has 2 aliphatic heterocycles. The summed E-state index contributed by atoms with van der Waals surface area (Å²) in [6.45, 7) is 3.07. The van der Waals surface area contributed by atoms with Crippen LogP contribution in [0.15, 0.2) is 42.9 Å². The van der Waals surface area contributed by atoms with Gasteiger partial charge in [-0.05, 0) is 12.5 Å². The van der Waals surface area contributed by atoms with Gasteiger partial charge in [-0.25, -0.2) is 9.37 Å². The maximum Gasteiger partial charge on any atom is 0.274 e. The van der Waals surface area contributed by atoms with Crippen molar-refractivity contribution in [3.05, 3.63) is 59.9 Å². The number of likely N-dealkylation sites (tertiary alicyclic amines) is 1. The molecule has 0 N–H and O–H groups in total. The first-order chi connectivity index (χ1) is 12.7. The van der Waals surface area contributed by atoms with E-state index in [0.29, 0.717) is 37.5 Å². The molecule has 2 aliphatic rings. The minimum absolute atomic E-state index is 0.0150. The van der Waals surface area contributed by atoms with E-state index in [4.69, 9.17) is 4.74 Å². The topological polar surface area (TPSA) is 58.6 Å². The van der Waals surface area contributed by atoms with Crippen molar-refractivity contribution >= 4 is 5.91 Å². The average molecular weight is 356 g/mol. The number of hydrogen-bond donors (Lipinski definition) is 0. The Labute approximate surface area is 151 Å². The largest absolute Gasteiger partial charge is 0.374 e. The van der Waals surface area contributed by atoms with Gasteiger partial charge in [-0.1, -0.05) is 18.2 Å². The van der Waals surface area contributed by atoms with Crippen molar-refractivity contribution in [2.24, 2.45) is 0 Å². The number of morpholine rings is 1. The Morgan fingerprint density at radius 3 is 2.96 bits per heavy atom. The van der Waals surface area contributed by atoms with Gasteiger partial charge < -0.3 is 9.64 Å². The molecule has 3 heterocycles. The van der Waals surface area contributed by atoms with Crippen molar-refractivity contribution in [2.75, 3.05) is 26.2 Å². The molecular weight excluding hydrogens is 335 g/mol. The molecule has 26 heavy (non-hydrogen) atoms. The van der Waals surface area contributed by atoms with Crippen LogP contribution in [0, 0.1) is 5.82 Å². The summed E-state index contributed by atoms with van der Waals surface area (Å²) in [6, 6.07) is 6.77. The third-order valence-electron chi connectivity index (χ3n) is 5.06. The highest BCUT2D eigenvalue weighted by molar-refractivity contribution is 5.92. The zero-order chi connectivity index (χ0) is 17.9. The smallest absolute Gasteiger partial charge is 0.274 e. The lowest BCUT2D eigenvalue weighted by Gasteiger charge is -2.47. The fraction of sp³-hybridized carbons (Fsp3) is 0.421. The Kier molecular flexibility index (Phi) is 4.90.